The molecule has 0 fully saturated rings. The first-order valence-corrected chi connectivity index (χ1v) is 8.72. The molecule has 0 saturated carbocycles. The Morgan fingerprint density at radius 1 is 1.00 bits per heavy atom. The van der Waals surface area contributed by atoms with Gasteiger partial charge in [0.2, 0.25) is 11.6 Å². The van der Waals surface area contributed by atoms with Crippen molar-refractivity contribution in [3.8, 4) is 0 Å². The van der Waals surface area contributed by atoms with Gasteiger partial charge < -0.3 is 10.6 Å². The fourth-order valence-electron chi connectivity index (χ4n) is 2.41. The number of aromatic nitrogens is 2. The van der Waals surface area contributed by atoms with Gasteiger partial charge in [0.05, 0.1) is 4.92 Å². The zero-order chi connectivity index (χ0) is 18.4. The highest BCUT2D eigenvalue weighted by Gasteiger charge is 2.22. The van der Waals surface area contributed by atoms with Crippen LogP contribution in [0.2, 0.25) is 0 Å². The zero-order valence-corrected chi connectivity index (χ0v) is 15.3. The van der Waals surface area contributed by atoms with Crippen LogP contribution in [0.1, 0.15) is 5.56 Å². The van der Waals surface area contributed by atoms with E-state index >= 15 is 0 Å². The molecule has 3 rings (SSSR count). The summed E-state index contributed by atoms with van der Waals surface area (Å²) < 4.78 is 0.920. The van der Waals surface area contributed by atoms with Crippen LogP contribution in [-0.2, 0) is 6.42 Å². The average Bonchev–Trinajstić information content (AvgIpc) is 2.64. The first-order valence-electron chi connectivity index (χ1n) is 7.93. The van der Waals surface area contributed by atoms with Gasteiger partial charge in [0.1, 0.15) is 6.33 Å². The van der Waals surface area contributed by atoms with Crippen molar-refractivity contribution in [1.29, 1.82) is 0 Å². The third kappa shape index (κ3) is 4.54. The summed E-state index contributed by atoms with van der Waals surface area (Å²) in [6.45, 7) is 0.527. The molecule has 0 amide bonds. The maximum atomic E-state index is 11.6. The zero-order valence-electron chi connectivity index (χ0n) is 13.7. The third-order valence-corrected chi connectivity index (χ3v) is 4.19. The van der Waals surface area contributed by atoms with Crippen LogP contribution < -0.4 is 10.6 Å². The largest absolute Gasteiger partial charge is 0.364 e. The van der Waals surface area contributed by atoms with Crippen molar-refractivity contribution in [2.45, 2.75) is 6.42 Å². The molecule has 0 aliphatic carbocycles. The SMILES string of the molecule is O=[N+]([O-])c1c(NCCc2ccccc2)ncnc1Nc1ccc(Br)cc1. The number of benzene rings is 2. The van der Waals surface area contributed by atoms with Crippen LogP contribution in [0.4, 0.5) is 23.0 Å². The van der Waals surface area contributed by atoms with Gasteiger partial charge >= 0.3 is 5.69 Å². The molecule has 0 unspecified atom stereocenters. The van der Waals surface area contributed by atoms with E-state index in [1.165, 1.54) is 6.33 Å². The molecule has 132 valence electrons. The number of nitrogens with zero attached hydrogens (tertiary/aromatic N) is 3. The maximum absolute atomic E-state index is 11.6. The molecule has 0 aliphatic rings. The molecule has 0 bridgehead atoms. The minimum atomic E-state index is -0.480. The maximum Gasteiger partial charge on any atom is 0.353 e. The van der Waals surface area contributed by atoms with Gasteiger partial charge in [0, 0.05) is 16.7 Å². The molecule has 0 radical (unpaired) electrons. The van der Waals surface area contributed by atoms with E-state index in [2.05, 4.69) is 36.5 Å². The Hall–Kier alpha value is -3.00. The van der Waals surface area contributed by atoms with Crippen LogP contribution in [-0.4, -0.2) is 21.4 Å². The molecule has 0 spiro atoms. The number of rotatable bonds is 7. The smallest absolute Gasteiger partial charge is 0.353 e. The van der Waals surface area contributed by atoms with Crippen molar-refractivity contribution < 1.29 is 4.92 Å². The highest BCUT2D eigenvalue weighted by atomic mass is 79.9. The van der Waals surface area contributed by atoms with Crippen LogP contribution in [0.15, 0.2) is 65.4 Å². The number of nitro groups is 1. The van der Waals surface area contributed by atoms with E-state index in [-0.39, 0.29) is 17.3 Å². The van der Waals surface area contributed by atoms with Gasteiger partial charge in [-0.05, 0) is 36.2 Å². The summed E-state index contributed by atoms with van der Waals surface area (Å²) in [5.41, 5.74) is 1.67. The highest BCUT2D eigenvalue weighted by Crippen LogP contribution is 2.31. The fourth-order valence-corrected chi connectivity index (χ4v) is 2.68. The lowest BCUT2D eigenvalue weighted by atomic mass is 10.1. The van der Waals surface area contributed by atoms with E-state index in [4.69, 9.17) is 0 Å². The Morgan fingerprint density at radius 3 is 2.38 bits per heavy atom. The van der Waals surface area contributed by atoms with Gasteiger partial charge in [-0.3, -0.25) is 10.1 Å². The van der Waals surface area contributed by atoms with E-state index in [9.17, 15) is 10.1 Å². The molecule has 1 aromatic heterocycles. The minimum Gasteiger partial charge on any atom is -0.364 e. The van der Waals surface area contributed by atoms with E-state index in [1.807, 2.05) is 42.5 Å². The predicted octanol–water partition coefficient (Wildman–Crippen LogP) is 4.55. The van der Waals surface area contributed by atoms with Crippen LogP contribution >= 0.6 is 15.9 Å². The molecule has 0 atom stereocenters. The van der Waals surface area contributed by atoms with E-state index in [0.29, 0.717) is 12.2 Å². The summed E-state index contributed by atoms with van der Waals surface area (Å²) in [7, 11) is 0. The summed E-state index contributed by atoms with van der Waals surface area (Å²) in [6, 6.07) is 17.2. The van der Waals surface area contributed by atoms with Crippen molar-refractivity contribution in [3.05, 3.63) is 81.1 Å². The average molecular weight is 414 g/mol. The number of hydrogen-bond acceptors (Lipinski definition) is 6. The lowest BCUT2D eigenvalue weighted by molar-refractivity contribution is -0.383. The van der Waals surface area contributed by atoms with E-state index < -0.39 is 4.92 Å². The lowest BCUT2D eigenvalue weighted by Gasteiger charge is -2.10. The van der Waals surface area contributed by atoms with Gasteiger partial charge in [-0.2, -0.15) is 0 Å². The third-order valence-electron chi connectivity index (χ3n) is 3.66. The first-order chi connectivity index (χ1) is 12.6. The molecular weight excluding hydrogens is 398 g/mol. The Balaban J connectivity index is 1.77. The van der Waals surface area contributed by atoms with Gasteiger partial charge in [0.15, 0.2) is 0 Å². The van der Waals surface area contributed by atoms with Gasteiger partial charge in [-0.25, -0.2) is 9.97 Å². The highest BCUT2D eigenvalue weighted by molar-refractivity contribution is 9.10. The summed E-state index contributed by atoms with van der Waals surface area (Å²) in [5, 5.41) is 17.6. The van der Waals surface area contributed by atoms with Crippen molar-refractivity contribution in [2.24, 2.45) is 0 Å². The molecule has 8 heteroatoms. The van der Waals surface area contributed by atoms with Crippen molar-refractivity contribution in [3.63, 3.8) is 0 Å². The number of anilines is 3. The summed E-state index contributed by atoms with van der Waals surface area (Å²) in [6.07, 6.45) is 2.04. The fraction of sp³-hybridized carbons (Fsp3) is 0.111. The Morgan fingerprint density at radius 2 is 1.69 bits per heavy atom. The van der Waals surface area contributed by atoms with Gasteiger partial charge in [0.25, 0.3) is 0 Å². The Kier molecular flexibility index (Phi) is 5.75. The number of nitrogens with one attached hydrogen (secondary N) is 2. The first kappa shape index (κ1) is 17.8. The second-order valence-electron chi connectivity index (χ2n) is 5.47. The van der Waals surface area contributed by atoms with Gasteiger partial charge in [-0.15, -0.1) is 0 Å². The van der Waals surface area contributed by atoms with Crippen molar-refractivity contribution in [1.82, 2.24) is 9.97 Å². The quantitative estimate of drug-likeness (QED) is 0.436. The van der Waals surface area contributed by atoms with Crippen molar-refractivity contribution >= 4 is 38.9 Å². The van der Waals surface area contributed by atoms with Crippen LogP contribution in [0.5, 0.6) is 0 Å². The van der Waals surface area contributed by atoms with Crippen LogP contribution in [0.25, 0.3) is 0 Å². The number of halogens is 1. The molecule has 0 saturated heterocycles. The van der Waals surface area contributed by atoms with Gasteiger partial charge in [-0.1, -0.05) is 46.3 Å². The molecule has 0 aliphatic heterocycles. The van der Waals surface area contributed by atoms with Crippen molar-refractivity contribution in [2.75, 3.05) is 17.2 Å². The minimum absolute atomic E-state index is 0.148. The number of hydrogen-bond donors (Lipinski definition) is 2. The summed E-state index contributed by atoms with van der Waals surface area (Å²) in [4.78, 5) is 19.1. The molecule has 2 aromatic carbocycles. The lowest BCUT2D eigenvalue weighted by Crippen LogP contribution is -2.10. The second kappa shape index (κ2) is 8.39. The molecule has 1 heterocycles. The van der Waals surface area contributed by atoms with E-state index in [0.717, 1.165) is 16.5 Å². The molecule has 2 N–H and O–H groups in total. The molecule has 7 nitrogen and oxygen atoms in total. The molecular formula is C18H16BrN5O2. The monoisotopic (exact) mass is 413 g/mol. The molecule has 26 heavy (non-hydrogen) atoms. The van der Waals surface area contributed by atoms with Crippen LogP contribution in [0, 0.1) is 10.1 Å². The normalized spacial score (nSPS) is 10.3. The van der Waals surface area contributed by atoms with E-state index in [1.54, 1.807) is 12.1 Å². The van der Waals surface area contributed by atoms with Crippen LogP contribution in [0.3, 0.4) is 0 Å². The summed E-state index contributed by atoms with van der Waals surface area (Å²) in [5.74, 6) is 0.343. The second-order valence-corrected chi connectivity index (χ2v) is 6.39. The summed E-state index contributed by atoms with van der Waals surface area (Å²) >= 11 is 3.36. The Labute approximate surface area is 158 Å². The Bertz CT molecular complexity index is 888. The standard InChI is InChI=1S/C18H16BrN5O2/c19-14-6-8-15(9-7-14)23-18-16(24(25)26)17(21-12-22-18)20-11-10-13-4-2-1-3-5-13/h1-9,12H,10-11H2,(H2,20,21,22,23). The topological polar surface area (TPSA) is 93.0 Å². The predicted molar refractivity (Wildman–Crippen MR) is 105 cm³/mol. The molecule has 3 aromatic rings.